The van der Waals surface area contributed by atoms with Crippen molar-refractivity contribution in [3.8, 4) is 11.4 Å². The number of benzene rings is 1. The summed E-state index contributed by atoms with van der Waals surface area (Å²) in [6, 6.07) is 2.27. The fourth-order valence-corrected chi connectivity index (χ4v) is 2.52. The minimum atomic E-state index is -2.83. The molecule has 0 spiro atoms. The number of nitrogens with zero attached hydrogens (tertiary/aromatic N) is 2. The van der Waals surface area contributed by atoms with Crippen molar-refractivity contribution in [2.45, 2.75) is 13.3 Å². The summed E-state index contributed by atoms with van der Waals surface area (Å²) in [4.78, 5) is 11.3. The smallest absolute Gasteiger partial charge is 0.268 e. The van der Waals surface area contributed by atoms with Crippen LogP contribution in [-0.2, 0) is 4.79 Å². The number of carbonyl (C=O) groups is 1. The number of anilines is 1. The summed E-state index contributed by atoms with van der Waals surface area (Å²) >= 11 is 5.88. The second-order valence-electron chi connectivity index (χ2n) is 4.64. The maximum Gasteiger partial charge on any atom is 0.268 e. The summed E-state index contributed by atoms with van der Waals surface area (Å²) < 4.78 is 46.0. The summed E-state index contributed by atoms with van der Waals surface area (Å²) in [7, 11) is 0. The molecule has 0 unspecified atom stereocenters. The van der Waals surface area contributed by atoms with E-state index in [0.717, 1.165) is 10.7 Å². The Morgan fingerprint density at radius 1 is 1.45 bits per heavy atom. The molecular formula is C13H9ClF3N3O2. The van der Waals surface area contributed by atoms with Gasteiger partial charge in [0.2, 0.25) is 0 Å². The molecule has 3 rings (SSSR count). The van der Waals surface area contributed by atoms with Gasteiger partial charge in [-0.1, -0.05) is 11.6 Å². The molecule has 0 saturated carbocycles. The van der Waals surface area contributed by atoms with E-state index in [1.807, 2.05) is 0 Å². The Morgan fingerprint density at radius 3 is 2.82 bits per heavy atom. The standard InChI is InChI=1S/C13H9ClF3N3O2/c1-5-11(13(16)17)12(14)20(19-5)8-3-7-9(2-6(8)15)22-4-10(21)18-7/h2-3,13H,4H2,1H3,(H,18,21). The number of hydrogen-bond donors (Lipinski definition) is 1. The van der Waals surface area contributed by atoms with Crippen LogP contribution >= 0.6 is 11.6 Å². The summed E-state index contributed by atoms with van der Waals surface area (Å²) in [5, 5.41) is 5.96. The molecule has 0 radical (unpaired) electrons. The molecule has 0 aliphatic carbocycles. The van der Waals surface area contributed by atoms with E-state index >= 15 is 0 Å². The molecule has 0 fully saturated rings. The quantitative estimate of drug-likeness (QED) is 0.919. The van der Waals surface area contributed by atoms with Gasteiger partial charge < -0.3 is 10.1 Å². The summed E-state index contributed by atoms with van der Waals surface area (Å²) in [5.74, 6) is -1.02. The first-order chi connectivity index (χ1) is 10.4. The van der Waals surface area contributed by atoms with Gasteiger partial charge in [-0.25, -0.2) is 17.9 Å². The average molecular weight is 332 g/mol. The normalized spacial score (nSPS) is 13.8. The number of aromatic nitrogens is 2. The molecule has 1 amide bonds. The lowest BCUT2D eigenvalue weighted by atomic mass is 10.2. The predicted molar refractivity (Wildman–Crippen MR) is 72.4 cm³/mol. The predicted octanol–water partition coefficient (Wildman–Crippen LogP) is 3.24. The lowest BCUT2D eigenvalue weighted by Gasteiger charge is -2.19. The van der Waals surface area contributed by atoms with Crippen LogP contribution in [0.3, 0.4) is 0 Å². The number of nitrogens with one attached hydrogen (secondary N) is 1. The first-order valence-electron chi connectivity index (χ1n) is 6.18. The van der Waals surface area contributed by atoms with Crippen LogP contribution < -0.4 is 10.1 Å². The Balaban J connectivity index is 2.15. The molecule has 2 aromatic rings. The van der Waals surface area contributed by atoms with Gasteiger partial charge >= 0.3 is 0 Å². The van der Waals surface area contributed by atoms with Gasteiger partial charge in [0.05, 0.1) is 16.9 Å². The number of rotatable bonds is 2. The van der Waals surface area contributed by atoms with E-state index in [1.54, 1.807) is 0 Å². The maximum atomic E-state index is 14.2. The number of hydrogen-bond acceptors (Lipinski definition) is 3. The molecule has 0 bridgehead atoms. The number of amides is 1. The van der Waals surface area contributed by atoms with Crippen molar-refractivity contribution in [3.63, 3.8) is 0 Å². The van der Waals surface area contributed by atoms with E-state index in [2.05, 4.69) is 10.4 Å². The van der Waals surface area contributed by atoms with Crippen molar-refractivity contribution >= 4 is 23.2 Å². The number of alkyl halides is 2. The van der Waals surface area contributed by atoms with Gasteiger partial charge in [-0.15, -0.1) is 0 Å². The monoisotopic (exact) mass is 331 g/mol. The highest BCUT2D eigenvalue weighted by molar-refractivity contribution is 6.30. The fraction of sp³-hybridized carbons (Fsp3) is 0.231. The second-order valence-corrected chi connectivity index (χ2v) is 5.00. The first kappa shape index (κ1) is 14.7. The van der Waals surface area contributed by atoms with Crippen LogP contribution in [0.4, 0.5) is 18.9 Å². The minimum absolute atomic E-state index is 0.00240. The Bertz CT molecular complexity index is 776. The van der Waals surface area contributed by atoms with Crippen molar-refractivity contribution in [2.24, 2.45) is 0 Å². The van der Waals surface area contributed by atoms with Crippen LogP contribution in [0.1, 0.15) is 17.7 Å². The zero-order valence-corrected chi connectivity index (χ0v) is 11.9. The van der Waals surface area contributed by atoms with Crippen LogP contribution in [-0.4, -0.2) is 22.3 Å². The van der Waals surface area contributed by atoms with Crippen molar-refractivity contribution in [3.05, 3.63) is 34.4 Å². The number of fused-ring (bicyclic) bond motifs is 1. The highest BCUT2D eigenvalue weighted by Crippen LogP contribution is 2.36. The van der Waals surface area contributed by atoms with Crippen molar-refractivity contribution in [1.29, 1.82) is 0 Å². The molecule has 5 nitrogen and oxygen atoms in total. The molecule has 1 aromatic carbocycles. The third-order valence-electron chi connectivity index (χ3n) is 3.18. The zero-order chi connectivity index (χ0) is 16.0. The summed E-state index contributed by atoms with van der Waals surface area (Å²) in [5.41, 5.74) is -0.406. The lowest BCUT2D eigenvalue weighted by Crippen LogP contribution is -2.25. The van der Waals surface area contributed by atoms with Gasteiger partial charge in [-0.2, -0.15) is 5.10 Å². The van der Waals surface area contributed by atoms with E-state index in [-0.39, 0.29) is 34.6 Å². The van der Waals surface area contributed by atoms with E-state index in [4.69, 9.17) is 16.3 Å². The Hall–Kier alpha value is -2.22. The van der Waals surface area contributed by atoms with Crippen LogP contribution in [0.25, 0.3) is 5.69 Å². The van der Waals surface area contributed by atoms with Crippen LogP contribution in [0.5, 0.6) is 5.75 Å². The molecular weight excluding hydrogens is 323 g/mol. The third kappa shape index (κ3) is 2.29. The van der Waals surface area contributed by atoms with Crippen molar-refractivity contribution < 1.29 is 22.7 Å². The zero-order valence-electron chi connectivity index (χ0n) is 11.2. The largest absolute Gasteiger partial charge is 0.481 e. The molecule has 1 N–H and O–H groups in total. The molecule has 1 aliphatic rings. The fourth-order valence-electron chi connectivity index (χ4n) is 2.17. The molecule has 1 aliphatic heterocycles. The third-order valence-corrected chi connectivity index (χ3v) is 3.54. The van der Waals surface area contributed by atoms with Crippen LogP contribution in [0, 0.1) is 12.7 Å². The van der Waals surface area contributed by atoms with E-state index < -0.39 is 23.7 Å². The van der Waals surface area contributed by atoms with E-state index in [9.17, 15) is 18.0 Å². The first-order valence-corrected chi connectivity index (χ1v) is 6.56. The van der Waals surface area contributed by atoms with Gasteiger partial charge in [-0.3, -0.25) is 4.79 Å². The summed E-state index contributed by atoms with van der Waals surface area (Å²) in [6.07, 6.45) is -2.83. The maximum absolute atomic E-state index is 14.2. The molecule has 0 saturated heterocycles. The molecule has 0 atom stereocenters. The lowest BCUT2D eigenvalue weighted by molar-refractivity contribution is -0.118. The average Bonchev–Trinajstić information content (AvgIpc) is 2.73. The highest BCUT2D eigenvalue weighted by Gasteiger charge is 2.25. The van der Waals surface area contributed by atoms with Crippen LogP contribution in [0.15, 0.2) is 12.1 Å². The molecule has 22 heavy (non-hydrogen) atoms. The van der Waals surface area contributed by atoms with E-state index in [1.165, 1.54) is 13.0 Å². The molecule has 9 heteroatoms. The van der Waals surface area contributed by atoms with Gasteiger partial charge in [0.15, 0.2) is 12.4 Å². The topological polar surface area (TPSA) is 56.2 Å². The summed E-state index contributed by atoms with van der Waals surface area (Å²) in [6.45, 7) is 1.13. The van der Waals surface area contributed by atoms with Gasteiger partial charge in [0.25, 0.3) is 12.3 Å². The SMILES string of the molecule is Cc1nn(-c2cc3c(cc2F)OCC(=O)N3)c(Cl)c1C(F)F. The molecule has 2 heterocycles. The number of carbonyl (C=O) groups excluding carboxylic acids is 1. The van der Waals surface area contributed by atoms with Gasteiger partial charge in [0.1, 0.15) is 16.6 Å². The Morgan fingerprint density at radius 2 is 2.18 bits per heavy atom. The molecule has 116 valence electrons. The van der Waals surface area contributed by atoms with Crippen molar-refractivity contribution in [1.82, 2.24) is 9.78 Å². The number of ether oxygens (including phenoxy) is 1. The number of aryl methyl sites for hydroxylation is 1. The van der Waals surface area contributed by atoms with Crippen LogP contribution in [0.2, 0.25) is 5.15 Å². The van der Waals surface area contributed by atoms with Gasteiger partial charge in [-0.05, 0) is 13.0 Å². The Labute approximate surface area is 127 Å². The van der Waals surface area contributed by atoms with Gasteiger partial charge in [0, 0.05) is 6.07 Å². The highest BCUT2D eigenvalue weighted by atomic mass is 35.5. The van der Waals surface area contributed by atoms with Crippen molar-refractivity contribution in [2.75, 3.05) is 11.9 Å². The Kier molecular flexibility index (Phi) is 3.48. The second kappa shape index (κ2) is 5.20. The number of halogens is 4. The molecule has 1 aromatic heterocycles. The minimum Gasteiger partial charge on any atom is -0.481 e. The van der Waals surface area contributed by atoms with E-state index in [0.29, 0.717) is 0 Å².